The molecule has 2 aromatic heterocycles. The summed E-state index contributed by atoms with van der Waals surface area (Å²) < 4.78 is 22.8. The van der Waals surface area contributed by atoms with E-state index < -0.39 is 9.84 Å². The van der Waals surface area contributed by atoms with E-state index in [2.05, 4.69) is 9.97 Å². The highest BCUT2D eigenvalue weighted by atomic mass is 35.5. The van der Waals surface area contributed by atoms with Crippen molar-refractivity contribution in [1.29, 1.82) is 0 Å². The molecule has 3 rings (SSSR count). The van der Waals surface area contributed by atoms with E-state index in [9.17, 15) is 8.42 Å². The minimum atomic E-state index is -3.16. The molecule has 0 unspecified atom stereocenters. The molecule has 0 radical (unpaired) electrons. The Labute approximate surface area is 126 Å². The summed E-state index contributed by atoms with van der Waals surface area (Å²) in [6.45, 7) is 0. The maximum absolute atomic E-state index is 11.4. The van der Waals surface area contributed by atoms with Gasteiger partial charge in [-0.05, 0) is 24.3 Å². The largest absolute Gasteiger partial charge is 0.243 e. The molecule has 104 valence electrons. The Balaban J connectivity index is 0.00000147. The quantitative estimate of drug-likeness (QED) is 0.725. The summed E-state index contributed by atoms with van der Waals surface area (Å²) in [6.07, 6.45) is 1.20. The maximum atomic E-state index is 11.4. The zero-order valence-electron chi connectivity index (χ0n) is 10.5. The average Bonchev–Trinajstić information content (AvgIpc) is 2.85. The third kappa shape index (κ3) is 2.82. The molecule has 2 heterocycles. The Bertz CT molecular complexity index is 842. The van der Waals surface area contributed by atoms with Crippen molar-refractivity contribution in [1.82, 2.24) is 9.97 Å². The summed E-state index contributed by atoms with van der Waals surface area (Å²) in [6, 6.07) is 10.5. The highest BCUT2D eigenvalue weighted by molar-refractivity contribution is 7.90. The van der Waals surface area contributed by atoms with Crippen LogP contribution < -0.4 is 0 Å². The lowest BCUT2D eigenvalue weighted by atomic mass is 10.1. The highest BCUT2D eigenvalue weighted by Crippen LogP contribution is 2.23. The molecule has 0 aliphatic rings. The van der Waals surface area contributed by atoms with Crippen LogP contribution in [0.25, 0.3) is 21.6 Å². The molecule has 0 aliphatic carbocycles. The molecule has 0 amide bonds. The van der Waals surface area contributed by atoms with Crippen molar-refractivity contribution in [3.8, 4) is 11.3 Å². The molecular weight excluding hydrogens is 316 g/mol. The fraction of sp³-hybridized carbons (Fsp3) is 0.0769. The summed E-state index contributed by atoms with van der Waals surface area (Å²) in [5, 5.41) is 0. The van der Waals surface area contributed by atoms with Crippen molar-refractivity contribution in [3.05, 3.63) is 41.9 Å². The SMILES string of the molecule is CS(=O)(=O)c1ccc(-c2ccc3ncsc3n2)cc1.Cl. The molecule has 0 atom stereocenters. The lowest BCUT2D eigenvalue weighted by molar-refractivity contribution is 0.602. The van der Waals surface area contributed by atoms with Gasteiger partial charge in [-0.1, -0.05) is 12.1 Å². The molecule has 0 spiro atoms. The summed E-state index contributed by atoms with van der Waals surface area (Å²) >= 11 is 1.49. The van der Waals surface area contributed by atoms with Crippen LogP contribution >= 0.6 is 23.7 Å². The summed E-state index contributed by atoms with van der Waals surface area (Å²) in [5.41, 5.74) is 4.34. The fourth-order valence-corrected chi connectivity index (χ4v) is 3.07. The fourth-order valence-electron chi connectivity index (χ4n) is 1.78. The van der Waals surface area contributed by atoms with E-state index in [1.165, 1.54) is 17.6 Å². The summed E-state index contributed by atoms with van der Waals surface area (Å²) in [5.74, 6) is 0. The number of benzene rings is 1. The Morgan fingerprint density at radius 1 is 1.05 bits per heavy atom. The van der Waals surface area contributed by atoms with Gasteiger partial charge in [0, 0.05) is 11.8 Å². The van der Waals surface area contributed by atoms with E-state index in [1.807, 2.05) is 12.1 Å². The molecule has 3 aromatic rings. The van der Waals surface area contributed by atoms with E-state index >= 15 is 0 Å². The van der Waals surface area contributed by atoms with Crippen molar-refractivity contribution in [3.63, 3.8) is 0 Å². The summed E-state index contributed by atoms with van der Waals surface area (Å²) in [4.78, 5) is 9.87. The second-order valence-corrected chi connectivity index (χ2v) is 7.02. The van der Waals surface area contributed by atoms with Gasteiger partial charge in [-0.25, -0.2) is 18.4 Å². The molecule has 0 bridgehead atoms. The molecule has 0 saturated carbocycles. The molecule has 1 aromatic carbocycles. The van der Waals surface area contributed by atoms with Gasteiger partial charge in [0.05, 0.1) is 21.6 Å². The first-order valence-corrected chi connectivity index (χ1v) is 8.32. The standard InChI is InChI=1S/C13H10N2O2S2.ClH/c1-19(16,17)10-4-2-9(3-5-10)11-6-7-12-13(15-11)18-8-14-12;/h2-8H,1H3;1H. The number of nitrogens with zero attached hydrogens (tertiary/aromatic N) is 2. The summed E-state index contributed by atoms with van der Waals surface area (Å²) in [7, 11) is -3.16. The van der Waals surface area contributed by atoms with Crippen LogP contribution in [-0.4, -0.2) is 24.6 Å². The Morgan fingerprint density at radius 2 is 1.75 bits per heavy atom. The van der Waals surface area contributed by atoms with Gasteiger partial charge in [0.25, 0.3) is 0 Å². The number of sulfone groups is 1. The van der Waals surface area contributed by atoms with E-state index in [0.717, 1.165) is 21.6 Å². The van der Waals surface area contributed by atoms with E-state index in [4.69, 9.17) is 0 Å². The zero-order valence-corrected chi connectivity index (χ0v) is 12.9. The van der Waals surface area contributed by atoms with Gasteiger partial charge in [0.15, 0.2) is 9.84 Å². The van der Waals surface area contributed by atoms with E-state index in [0.29, 0.717) is 4.90 Å². The van der Waals surface area contributed by atoms with E-state index in [-0.39, 0.29) is 12.4 Å². The Kier molecular flexibility index (Phi) is 4.08. The first kappa shape index (κ1) is 14.9. The van der Waals surface area contributed by atoms with Crippen LogP contribution in [0.4, 0.5) is 0 Å². The smallest absolute Gasteiger partial charge is 0.175 e. The molecule has 7 heteroatoms. The molecule has 20 heavy (non-hydrogen) atoms. The Hall–Kier alpha value is -1.50. The van der Waals surface area contributed by atoms with Crippen molar-refractivity contribution < 1.29 is 8.42 Å². The first-order valence-electron chi connectivity index (χ1n) is 5.55. The van der Waals surface area contributed by atoms with Crippen LogP contribution in [-0.2, 0) is 9.84 Å². The van der Waals surface area contributed by atoms with Crippen LogP contribution in [0, 0.1) is 0 Å². The van der Waals surface area contributed by atoms with Gasteiger partial charge in [-0.15, -0.1) is 23.7 Å². The van der Waals surface area contributed by atoms with Gasteiger partial charge in [0.1, 0.15) is 4.83 Å². The number of rotatable bonds is 2. The topological polar surface area (TPSA) is 59.9 Å². The first-order chi connectivity index (χ1) is 9.04. The number of aromatic nitrogens is 2. The molecule has 4 nitrogen and oxygen atoms in total. The van der Waals surface area contributed by atoms with Crippen LogP contribution in [0.2, 0.25) is 0 Å². The van der Waals surface area contributed by atoms with Gasteiger partial charge < -0.3 is 0 Å². The number of fused-ring (bicyclic) bond motifs is 1. The third-order valence-electron chi connectivity index (χ3n) is 2.77. The zero-order chi connectivity index (χ0) is 13.5. The van der Waals surface area contributed by atoms with E-state index in [1.54, 1.807) is 29.8 Å². The van der Waals surface area contributed by atoms with Crippen LogP contribution in [0.15, 0.2) is 46.8 Å². The number of hydrogen-bond acceptors (Lipinski definition) is 5. The van der Waals surface area contributed by atoms with Gasteiger partial charge in [-0.3, -0.25) is 0 Å². The molecule has 0 saturated heterocycles. The van der Waals surface area contributed by atoms with Crippen LogP contribution in [0.5, 0.6) is 0 Å². The molecular formula is C13H11ClN2O2S2. The van der Waals surface area contributed by atoms with Crippen molar-refractivity contribution in [2.45, 2.75) is 4.90 Å². The predicted octanol–water partition coefficient (Wildman–Crippen LogP) is 3.18. The maximum Gasteiger partial charge on any atom is 0.175 e. The number of thiazole rings is 1. The van der Waals surface area contributed by atoms with Crippen LogP contribution in [0.1, 0.15) is 0 Å². The minimum Gasteiger partial charge on any atom is -0.243 e. The lowest BCUT2D eigenvalue weighted by Crippen LogP contribution is -1.96. The molecule has 0 aliphatic heterocycles. The lowest BCUT2D eigenvalue weighted by Gasteiger charge is -2.02. The molecule has 0 N–H and O–H groups in total. The second-order valence-electron chi connectivity index (χ2n) is 4.17. The average molecular weight is 327 g/mol. The third-order valence-corrected chi connectivity index (χ3v) is 4.64. The minimum absolute atomic E-state index is 0. The normalized spacial score (nSPS) is 11.2. The van der Waals surface area contributed by atoms with Crippen LogP contribution in [0.3, 0.4) is 0 Å². The van der Waals surface area contributed by atoms with Crippen molar-refractivity contribution in [2.75, 3.05) is 6.26 Å². The van der Waals surface area contributed by atoms with Gasteiger partial charge >= 0.3 is 0 Å². The number of halogens is 1. The second kappa shape index (κ2) is 5.47. The molecule has 0 fully saturated rings. The number of hydrogen-bond donors (Lipinski definition) is 0. The van der Waals surface area contributed by atoms with Crippen molar-refractivity contribution in [2.24, 2.45) is 0 Å². The number of pyridine rings is 1. The Morgan fingerprint density at radius 3 is 2.40 bits per heavy atom. The van der Waals surface area contributed by atoms with Gasteiger partial charge in [-0.2, -0.15) is 0 Å². The highest BCUT2D eigenvalue weighted by Gasteiger charge is 2.08. The monoisotopic (exact) mass is 326 g/mol. The predicted molar refractivity (Wildman–Crippen MR) is 83.2 cm³/mol. The van der Waals surface area contributed by atoms with Gasteiger partial charge in [0.2, 0.25) is 0 Å². The van der Waals surface area contributed by atoms with Crippen molar-refractivity contribution >= 4 is 43.9 Å².